The van der Waals surface area contributed by atoms with Gasteiger partial charge in [-0.15, -0.1) is 0 Å². The van der Waals surface area contributed by atoms with E-state index in [4.69, 9.17) is 0 Å². The van der Waals surface area contributed by atoms with Crippen LogP contribution in [0.1, 0.15) is 15.9 Å². The molecular weight excluding hydrogens is 330 g/mol. The van der Waals surface area contributed by atoms with Crippen LogP contribution in [0.4, 0.5) is 5.69 Å². The van der Waals surface area contributed by atoms with E-state index >= 15 is 0 Å². The number of halogens is 1. The zero-order chi connectivity index (χ0) is 15.2. The second-order valence-electron chi connectivity index (χ2n) is 4.34. The highest BCUT2D eigenvalue weighted by molar-refractivity contribution is 9.10. The summed E-state index contributed by atoms with van der Waals surface area (Å²) in [6.07, 6.45) is 3.11. The summed E-state index contributed by atoms with van der Waals surface area (Å²) in [7, 11) is 1.65. The molecule has 0 aromatic heterocycles. The summed E-state index contributed by atoms with van der Waals surface area (Å²) in [6, 6.07) is 14.2. The summed E-state index contributed by atoms with van der Waals surface area (Å²) in [5, 5.41) is 2.80. The van der Waals surface area contributed by atoms with Crippen LogP contribution < -0.4 is 10.7 Å². The second-order valence-corrected chi connectivity index (χ2v) is 5.20. The van der Waals surface area contributed by atoms with Gasteiger partial charge in [-0.25, -0.2) is 0 Å². The van der Waals surface area contributed by atoms with E-state index in [0.717, 1.165) is 10.0 Å². The Balaban J connectivity index is 2.37. The minimum absolute atomic E-state index is 0.146. The summed E-state index contributed by atoms with van der Waals surface area (Å²) >= 11 is 3.41. The average molecular weight is 344 g/mol. The number of carbonyl (C=O) groups excluding carboxylic acids is 1. The summed E-state index contributed by atoms with van der Waals surface area (Å²) in [5.74, 6) is -0.316. The zero-order valence-corrected chi connectivity index (χ0v) is 13.1. The van der Waals surface area contributed by atoms with Crippen LogP contribution in [0.3, 0.4) is 0 Å². The van der Waals surface area contributed by atoms with E-state index in [1.807, 2.05) is 24.3 Å². The lowest BCUT2D eigenvalue weighted by molar-refractivity contribution is 0.104. The lowest BCUT2D eigenvalue weighted by atomic mass is 10.1. The Morgan fingerprint density at radius 1 is 1.10 bits per heavy atom. The molecule has 0 radical (unpaired) electrons. The van der Waals surface area contributed by atoms with Crippen LogP contribution in [0.5, 0.6) is 0 Å². The highest BCUT2D eigenvalue weighted by atomic mass is 79.9. The van der Waals surface area contributed by atoms with Gasteiger partial charge < -0.3 is 5.32 Å². The van der Waals surface area contributed by atoms with Crippen molar-refractivity contribution in [2.45, 2.75) is 0 Å². The number of nitrogens with one attached hydrogen (secondary N) is 1. The number of benzene rings is 1. The Bertz CT molecular complexity index is 754. The molecule has 0 saturated heterocycles. The molecule has 0 unspecified atom stereocenters. The van der Waals surface area contributed by atoms with Gasteiger partial charge in [0.25, 0.3) is 0 Å². The molecule has 1 N–H and O–H groups in total. The molecule has 106 valence electrons. The van der Waals surface area contributed by atoms with Crippen LogP contribution in [-0.4, -0.2) is 12.8 Å². The Labute approximate surface area is 131 Å². The van der Waals surface area contributed by atoms with Crippen molar-refractivity contribution in [3.05, 3.63) is 80.4 Å². The first-order valence-electron chi connectivity index (χ1n) is 6.41. The molecule has 0 spiro atoms. The molecule has 0 saturated carbocycles. The van der Waals surface area contributed by atoms with Crippen molar-refractivity contribution in [1.29, 1.82) is 0 Å². The van der Waals surface area contributed by atoms with Crippen molar-refractivity contribution in [2.24, 2.45) is 0 Å². The second kappa shape index (κ2) is 6.99. The van der Waals surface area contributed by atoms with Crippen LogP contribution in [-0.2, 0) is 0 Å². The van der Waals surface area contributed by atoms with Crippen LogP contribution >= 0.6 is 15.9 Å². The number of hydrogen-bond acceptors (Lipinski definition) is 3. The molecule has 3 nitrogen and oxygen atoms in total. The van der Waals surface area contributed by atoms with Gasteiger partial charge in [-0.3, -0.25) is 9.59 Å². The van der Waals surface area contributed by atoms with Gasteiger partial charge in [0.1, 0.15) is 0 Å². The van der Waals surface area contributed by atoms with Crippen molar-refractivity contribution >= 4 is 33.5 Å². The molecule has 0 atom stereocenters. The molecule has 0 fully saturated rings. The normalized spacial score (nSPS) is 10.6. The molecule has 0 bridgehead atoms. The molecule has 0 aliphatic rings. The topological polar surface area (TPSA) is 46.2 Å². The Morgan fingerprint density at radius 2 is 1.76 bits per heavy atom. The van der Waals surface area contributed by atoms with Crippen molar-refractivity contribution < 1.29 is 4.79 Å². The van der Waals surface area contributed by atoms with Crippen molar-refractivity contribution in [1.82, 2.24) is 0 Å². The minimum Gasteiger partial charge on any atom is -0.385 e. The Morgan fingerprint density at radius 3 is 2.48 bits per heavy atom. The lowest BCUT2D eigenvalue weighted by Gasteiger charge is -1.97. The van der Waals surface area contributed by atoms with E-state index in [1.165, 1.54) is 12.1 Å². The van der Waals surface area contributed by atoms with Crippen LogP contribution in [0, 0.1) is 0 Å². The van der Waals surface area contributed by atoms with Gasteiger partial charge in [0.05, 0.1) is 11.3 Å². The largest absolute Gasteiger partial charge is 0.385 e. The molecule has 2 rings (SSSR count). The van der Waals surface area contributed by atoms with Crippen molar-refractivity contribution in [2.75, 3.05) is 12.4 Å². The third-order valence-corrected chi connectivity index (χ3v) is 3.70. The molecule has 2 aromatic carbocycles. The maximum atomic E-state index is 12.2. The predicted molar refractivity (Wildman–Crippen MR) is 89.8 cm³/mol. The number of hydrogen-bond donors (Lipinski definition) is 1. The third-order valence-electron chi connectivity index (χ3n) is 2.98. The van der Waals surface area contributed by atoms with Crippen molar-refractivity contribution in [3.8, 4) is 0 Å². The van der Waals surface area contributed by atoms with Crippen LogP contribution in [0.2, 0.25) is 0 Å². The predicted octanol–water partition coefficient (Wildman–Crippen LogP) is 3.75. The van der Waals surface area contributed by atoms with Gasteiger partial charge >= 0.3 is 0 Å². The fourth-order valence-corrected chi connectivity index (χ4v) is 2.27. The van der Waals surface area contributed by atoms with E-state index in [2.05, 4.69) is 21.2 Å². The molecule has 2 aromatic rings. The van der Waals surface area contributed by atoms with Gasteiger partial charge in [-0.05, 0) is 35.9 Å². The molecule has 4 heteroatoms. The van der Waals surface area contributed by atoms with E-state index in [0.29, 0.717) is 5.69 Å². The van der Waals surface area contributed by atoms with Gasteiger partial charge in [0.15, 0.2) is 5.78 Å². The first kappa shape index (κ1) is 15.2. The van der Waals surface area contributed by atoms with Crippen LogP contribution in [0.15, 0.2) is 63.9 Å². The zero-order valence-electron chi connectivity index (χ0n) is 11.5. The van der Waals surface area contributed by atoms with Gasteiger partial charge in [0.2, 0.25) is 5.43 Å². The SMILES string of the molecule is CNc1ccccc(C(=O)C=Cc2ccccc2Br)c1=O. The summed E-state index contributed by atoms with van der Waals surface area (Å²) in [5.41, 5.74) is 1.13. The average Bonchev–Trinajstić information content (AvgIpc) is 2.67. The molecule has 21 heavy (non-hydrogen) atoms. The molecular formula is C17H14BrNO2. The quantitative estimate of drug-likeness (QED) is 0.679. The van der Waals surface area contributed by atoms with Crippen molar-refractivity contribution in [3.63, 3.8) is 0 Å². The number of allylic oxidation sites excluding steroid dienone is 1. The smallest absolute Gasteiger partial charge is 0.212 e. The maximum absolute atomic E-state index is 12.2. The van der Waals surface area contributed by atoms with Gasteiger partial charge in [-0.1, -0.05) is 46.3 Å². The molecule has 0 amide bonds. The highest BCUT2D eigenvalue weighted by Gasteiger charge is 2.08. The number of carbonyl (C=O) groups is 1. The monoisotopic (exact) mass is 343 g/mol. The van der Waals surface area contributed by atoms with Gasteiger partial charge in [-0.2, -0.15) is 0 Å². The van der Waals surface area contributed by atoms with E-state index in [1.54, 1.807) is 31.3 Å². The van der Waals surface area contributed by atoms with E-state index in [-0.39, 0.29) is 16.8 Å². The molecule has 0 aliphatic heterocycles. The summed E-state index contributed by atoms with van der Waals surface area (Å²) in [6.45, 7) is 0. The minimum atomic E-state index is -0.316. The lowest BCUT2D eigenvalue weighted by Crippen LogP contribution is -2.14. The number of anilines is 1. The Kier molecular flexibility index (Phi) is 5.06. The van der Waals surface area contributed by atoms with E-state index in [9.17, 15) is 9.59 Å². The maximum Gasteiger partial charge on any atom is 0.212 e. The third kappa shape index (κ3) is 3.67. The first-order valence-corrected chi connectivity index (χ1v) is 7.21. The first-order chi connectivity index (χ1) is 10.1. The van der Waals surface area contributed by atoms with Gasteiger partial charge in [0, 0.05) is 11.5 Å². The number of ketones is 1. The fraction of sp³-hybridized carbons (Fsp3) is 0.0588. The molecule has 0 heterocycles. The fourth-order valence-electron chi connectivity index (χ4n) is 1.86. The Hall–Kier alpha value is -2.20. The summed E-state index contributed by atoms with van der Waals surface area (Å²) < 4.78 is 0.894. The van der Waals surface area contributed by atoms with Crippen LogP contribution in [0.25, 0.3) is 6.08 Å². The standard InChI is InChI=1S/C17H14BrNO2/c1-19-15-9-5-3-7-13(17(15)21)16(20)11-10-12-6-2-4-8-14(12)18/h2-11H,1H3,(H,19,21). The number of rotatable bonds is 4. The highest BCUT2D eigenvalue weighted by Crippen LogP contribution is 2.17. The van der Waals surface area contributed by atoms with E-state index < -0.39 is 0 Å². The molecule has 0 aliphatic carbocycles. The summed E-state index contributed by atoms with van der Waals surface area (Å²) in [4.78, 5) is 24.4.